The number of hydrogen-bond donors (Lipinski definition) is 1. The predicted octanol–water partition coefficient (Wildman–Crippen LogP) is 6.30. The number of phenols is 1. The third-order valence-electron chi connectivity index (χ3n) is 5.55. The van der Waals surface area contributed by atoms with Crippen molar-refractivity contribution in [2.75, 3.05) is 7.11 Å². The van der Waals surface area contributed by atoms with Gasteiger partial charge in [-0.05, 0) is 111 Å². The zero-order chi connectivity index (χ0) is 24.6. The lowest BCUT2D eigenvalue weighted by Crippen LogP contribution is -2.20. The molecule has 0 amide bonds. The fourth-order valence-electron chi connectivity index (χ4n) is 3.76. The number of aromatic nitrogens is 2. The van der Waals surface area contributed by atoms with Crippen LogP contribution in [0.25, 0.3) is 22.3 Å². The highest BCUT2D eigenvalue weighted by atomic mass is 127. The third kappa shape index (κ3) is 4.70. The molecule has 0 saturated heterocycles. The fourth-order valence-corrected chi connectivity index (χ4v) is 5.57. The Balaban J connectivity index is 1.99. The first kappa shape index (κ1) is 24.6. The van der Waals surface area contributed by atoms with Gasteiger partial charge < -0.3 is 9.84 Å². The number of hydrogen-bond acceptors (Lipinski definition) is 5. The van der Waals surface area contributed by atoms with E-state index in [1.165, 1.54) is 4.68 Å². The Morgan fingerprint density at radius 3 is 2.44 bits per heavy atom. The van der Waals surface area contributed by atoms with E-state index in [0.29, 0.717) is 23.9 Å². The van der Waals surface area contributed by atoms with Crippen LogP contribution >= 0.6 is 45.2 Å². The fraction of sp³-hybridized carbons (Fsp3) is 0.192. The van der Waals surface area contributed by atoms with Gasteiger partial charge in [0.15, 0.2) is 5.82 Å². The molecule has 8 heteroatoms. The minimum absolute atomic E-state index is 0.222. The van der Waals surface area contributed by atoms with E-state index < -0.39 is 0 Å². The SMILES string of the molecule is COc1cc(C)c(-c2nc3ccccc3c(=O)n2N=Cc2cc(I)c(O)c(I)c2)cc1C(C)C. The molecule has 0 aliphatic rings. The summed E-state index contributed by atoms with van der Waals surface area (Å²) >= 11 is 4.15. The summed E-state index contributed by atoms with van der Waals surface area (Å²) in [5, 5.41) is 15.1. The quantitative estimate of drug-likeness (QED) is 0.199. The second-order valence-corrected chi connectivity index (χ2v) is 10.5. The van der Waals surface area contributed by atoms with E-state index in [0.717, 1.165) is 28.0 Å². The van der Waals surface area contributed by atoms with Crippen LogP contribution < -0.4 is 10.3 Å². The van der Waals surface area contributed by atoms with Gasteiger partial charge >= 0.3 is 0 Å². The highest BCUT2D eigenvalue weighted by molar-refractivity contribution is 14.1. The zero-order valence-corrected chi connectivity index (χ0v) is 23.4. The van der Waals surface area contributed by atoms with Gasteiger partial charge in [0.05, 0.1) is 31.4 Å². The van der Waals surface area contributed by atoms with E-state index in [2.05, 4.69) is 64.1 Å². The van der Waals surface area contributed by atoms with E-state index >= 15 is 0 Å². The summed E-state index contributed by atoms with van der Waals surface area (Å²) in [6.45, 7) is 6.18. The van der Waals surface area contributed by atoms with Crippen molar-refractivity contribution in [3.63, 3.8) is 0 Å². The average Bonchev–Trinajstić information content (AvgIpc) is 2.81. The Morgan fingerprint density at radius 1 is 1.12 bits per heavy atom. The first-order chi connectivity index (χ1) is 16.2. The van der Waals surface area contributed by atoms with Crippen molar-refractivity contribution in [2.24, 2.45) is 5.10 Å². The molecule has 1 N–H and O–H groups in total. The number of nitrogens with zero attached hydrogens (tertiary/aromatic N) is 3. The van der Waals surface area contributed by atoms with Gasteiger partial charge in [0.2, 0.25) is 0 Å². The van der Waals surface area contributed by atoms with Crippen molar-refractivity contribution in [3.8, 4) is 22.9 Å². The standard InChI is InChI=1S/C26H23I2N3O3/c1-14(2)18-12-19(15(3)9-23(18)34-4)25-30-22-8-6-5-7-17(22)26(33)31(25)29-13-16-10-20(27)24(32)21(28)11-16/h5-14,32H,1-4H3. The lowest BCUT2D eigenvalue weighted by molar-refractivity contribution is 0.407. The number of aryl methyl sites for hydroxylation is 1. The molecule has 0 aliphatic carbocycles. The maximum absolute atomic E-state index is 13.5. The smallest absolute Gasteiger partial charge is 0.282 e. The maximum Gasteiger partial charge on any atom is 0.282 e. The number of ether oxygens (including phenoxy) is 1. The largest absolute Gasteiger partial charge is 0.506 e. The molecule has 3 aromatic carbocycles. The molecule has 174 valence electrons. The molecule has 34 heavy (non-hydrogen) atoms. The summed E-state index contributed by atoms with van der Waals surface area (Å²) in [6, 6.07) is 14.9. The van der Waals surface area contributed by atoms with Gasteiger partial charge in [0, 0.05) is 5.56 Å². The Morgan fingerprint density at radius 2 is 1.79 bits per heavy atom. The molecule has 4 rings (SSSR count). The first-order valence-electron chi connectivity index (χ1n) is 10.6. The van der Waals surface area contributed by atoms with Gasteiger partial charge in [-0.15, -0.1) is 0 Å². The minimum atomic E-state index is -0.249. The Labute approximate surface area is 225 Å². The van der Waals surface area contributed by atoms with Gasteiger partial charge in [-0.2, -0.15) is 9.78 Å². The summed E-state index contributed by atoms with van der Waals surface area (Å²) in [5.74, 6) is 1.73. The van der Waals surface area contributed by atoms with Crippen LogP contribution in [0.3, 0.4) is 0 Å². The number of rotatable bonds is 5. The van der Waals surface area contributed by atoms with Crippen LogP contribution in [0, 0.1) is 14.1 Å². The van der Waals surface area contributed by atoms with Crippen LogP contribution in [0.15, 0.2) is 58.4 Å². The van der Waals surface area contributed by atoms with Gasteiger partial charge in [-0.25, -0.2) is 4.98 Å². The van der Waals surface area contributed by atoms with Crippen LogP contribution in [0.1, 0.15) is 36.5 Å². The summed E-state index contributed by atoms with van der Waals surface area (Å²) in [4.78, 5) is 18.4. The molecule has 0 unspecified atom stereocenters. The van der Waals surface area contributed by atoms with Crippen molar-refractivity contribution in [2.45, 2.75) is 26.7 Å². The molecule has 0 radical (unpaired) electrons. The number of phenolic OH excluding ortho intramolecular Hbond substituents is 1. The minimum Gasteiger partial charge on any atom is -0.506 e. The first-order valence-corrected chi connectivity index (χ1v) is 12.8. The zero-order valence-electron chi connectivity index (χ0n) is 19.1. The highest BCUT2D eigenvalue weighted by Crippen LogP contribution is 2.34. The average molecular weight is 679 g/mol. The van der Waals surface area contributed by atoms with Gasteiger partial charge in [-0.1, -0.05) is 26.0 Å². The van der Waals surface area contributed by atoms with Crippen LogP contribution in [-0.4, -0.2) is 28.1 Å². The molecule has 0 saturated carbocycles. The molecule has 1 heterocycles. The Hall–Kier alpha value is -2.47. The molecule has 0 fully saturated rings. The Kier molecular flexibility index (Phi) is 7.27. The predicted molar refractivity (Wildman–Crippen MR) is 153 cm³/mol. The van der Waals surface area contributed by atoms with Crippen LogP contribution in [-0.2, 0) is 0 Å². The number of para-hydroxylation sites is 1. The molecule has 0 bridgehead atoms. The molecule has 0 aliphatic heterocycles. The summed E-state index contributed by atoms with van der Waals surface area (Å²) in [7, 11) is 1.66. The number of fused-ring (bicyclic) bond motifs is 1. The van der Waals surface area contributed by atoms with Crippen LogP contribution in [0.2, 0.25) is 0 Å². The molecular formula is C26H23I2N3O3. The molecular weight excluding hydrogens is 656 g/mol. The molecule has 0 atom stereocenters. The maximum atomic E-state index is 13.5. The summed E-state index contributed by atoms with van der Waals surface area (Å²) in [6.07, 6.45) is 1.62. The monoisotopic (exact) mass is 679 g/mol. The summed E-state index contributed by atoms with van der Waals surface area (Å²) < 4.78 is 8.38. The van der Waals surface area contributed by atoms with Crippen molar-refractivity contribution in [1.29, 1.82) is 0 Å². The van der Waals surface area contributed by atoms with Gasteiger partial charge in [0.25, 0.3) is 5.56 Å². The molecule has 1 aromatic heterocycles. The van der Waals surface area contributed by atoms with Crippen molar-refractivity contribution in [1.82, 2.24) is 9.66 Å². The van der Waals surface area contributed by atoms with Gasteiger partial charge in [0.1, 0.15) is 11.5 Å². The topological polar surface area (TPSA) is 76.7 Å². The van der Waals surface area contributed by atoms with Crippen molar-refractivity contribution >= 4 is 62.3 Å². The molecule has 4 aromatic rings. The van der Waals surface area contributed by atoms with E-state index in [-0.39, 0.29) is 17.2 Å². The highest BCUT2D eigenvalue weighted by Gasteiger charge is 2.18. The van der Waals surface area contributed by atoms with Crippen LogP contribution in [0.5, 0.6) is 11.5 Å². The second kappa shape index (κ2) is 10.0. The third-order valence-corrected chi connectivity index (χ3v) is 7.20. The lowest BCUT2D eigenvalue weighted by Gasteiger charge is -2.17. The molecule has 0 spiro atoms. The van der Waals surface area contributed by atoms with E-state index in [1.807, 2.05) is 49.4 Å². The van der Waals surface area contributed by atoms with Crippen LogP contribution in [0.4, 0.5) is 0 Å². The van der Waals surface area contributed by atoms with E-state index in [4.69, 9.17) is 9.72 Å². The summed E-state index contributed by atoms with van der Waals surface area (Å²) in [5.41, 5.74) is 3.92. The van der Waals surface area contributed by atoms with Crippen molar-refractivity contribution < 1.29 is 9.84 Å². The van der Waals surface area contributed by atoms with E-state index in [9.17, 15) is 9.90 Å². The van der Waals surface area contributed by atoms with Crippen molar-refractivity contribution in [3.05, 3.63) is 82.7 Å². The Bertz CT molecular complexity index is 1470. The number of benzene rings is 3. The number of halogens is 2. The number of methoxy groups -OCH3 is 1. The lowest BCUT2D eigenvalue weighted by atomic mass is 9.96. The molecule has 6 nitrogen and oxygen atoms in total. The normalized spacial score (nSPS) is 11.6. The number of aromatic hydroxyl groups is 1. The second-order valence-electron chi connectivity index (χ2n) is 8.21. The van der Waals surface area contributed by atoms with E-state index in [1.54, 1.807) is 19.4 Å². The van der Waals surface area contributed by atoms with Gasteiger partial charge in [-0.3, -0.25) is 4.79 Å².